The van der Waals surface area contributed by atoms with Crippen molar-refractivity contribution in [3.63, 3.8) is 0 Å². The maximum atomic E-state index is 13.1. The Morgan fingerprint density at radius 1 is 1.07 bits per heavy atom. The molecule has 0 amide bonds. The maximum Gasteiger partial charge on any atom is 1.00 e. The number of rotatable bonds is 3. The Labute approximate surface area is 192 Å². The molecule has 1 saturated carbocycles. The monoisotopic (exact) mass is 596 g/mol. The van der Waals surface area contributed by atoms with Crippen molar-refractivity contribution in [2.45, 2.75) is 58.8 Å². The molecule has 1 fully saturated rings. The van der Waals surface area contributed by atoms with Crippen LogP contribution in [0.5, 0.6) is 0 Å². The van der Waals surface area contributed by atoms with E-state index in [4.69, 9.17) is 0 Å². The van der Waals surface area contributed by atoms with Gasteiger partial charge in [0.15, 0.2) is 9.84 Å². The zero-order valence-electron chi connectivity index (χ0n) is 17.3. The average Bonchev–Trinajstić information content (AvgIpc) is 2.50. The van der Waals surface area contributed by atoms with E-state index in [2.05, 4.69) is 40.2 Å². The smallest absolute Gasteiger partial charge is 1.00 e. The minimum absolute atomic E-state index is 0. The fraction of sp³-hybridized carbons (Fsp3) is 0.591. The number of hydrogen-bond donors (Lipinski definition) is 0. The molecule has 2 aliphatic rings. The van der Waals surface area contributed by atoms with Gasteiger partial charge in [-0.25, -0.2) is 8.42 Å². The van der Waals surface area contributed by atoms with Crippen LogP contribution in [0, 0.1) is 36.0 Å². The van der Waals surface area contributed by atoms with Crippen LogP contribution < -0.4 is 12.4 Å². The molecule has 27 heavy (non-hydrogen) atoms. The Balaban J connectivity index is 0.00000182. The van der Waals surface area contributed by atoms with Crippen LogP contribution in [-0.2, 0) is 37.5 Å². The van der Waals surface area contributed by atoms with E-state index >= 15 is 0 Å². The van der Waals surface area contributed by atoms with Crippen molar-refractivity contribution in [3.8, 4) is 0 Å². The molecular weight excluding hydrogens is 564 g/mol. The van der Waals surface area contributed by atoms with Crippen molar-refractivity contribution in [2.24, 2.45) is 22.7 Å². The van der Waals surface area contributed by atoms with Crippen LogP contribution in [-0.4, -0.2) is 14.2 Å². The normalized spacial score (nSPS) is 29.6. The molecule has 2 nitrogen and oxygen atoms in total. The number of aryl methyl sites for hydroxylation is 1. The van der Waals surface area contributed by atoms with Gasteiger partial charge in [-0.2, -0.15) is 0 Å². The molecule has 0 spiro atoms. The van der Waals surface area contributed by atoms with Crippen LogP contribution >= 0.6 is 0 Å². The molecule has 3 atom stereocenters. The number of hydrogen-bond acceptors (Lipinski definition) is 2. The number of halogens is 1. The maximum absolute atomic E-state index is 13.1. The zero-order valence-corrected chi connectivity index (χ0v) is 24.3. The second-order valence-electron chi connectivity index (χ2n) is 8.95. The largest absolute Gasteiger partial charge is 1.00 e. The number of sulfone groups is 1. The molecule has 2 aliphatic carbocycles. The molecule has 1 aromatic carbocycles. The zero-order chi connectivity index (χ0) is 18.5. The van der Waals surface area contributed by atoms with Crippen molar-refractivity contribution >= 4 is 9.84 Å². The molecule has 0 saturated heterocycles. The SMILES string of the molecule is CC1=CC[C@H]2C(C)(C)[CH]CC[C@]2(C)[C@H]1CS(=O)(=O)c1ccc(C)cc1.[Cl-].[Hg+]. The number of fused-ring (bicyclic) bond motifs is 1. The molecule has 0 aliphatic heterocycles. The van der Waals surface area contributed by atoms with Gasteiger partial charge in [0.1, 0.15) is 0 Å². The van der Waals surface area contributed by atoms with Gasteiger partial charge in [0.25, 0.3) is 0 Å². The van der Waals surface area contributed by atoms with Crippen LogP contribution in [0.1, 0.15) is 52.5 Å². The molecule has 0 bridgehead atoms. The molecule has 2 radical (unpaired) electrons. The van der Waals surface area contributed by atoms with Crippen LogP contribution in [0.15, 0.2) is 40.8 Å². The first-order valence-corrected chi connectivity index (χ1v) is 11.0. The third kappa shape index (κ3) is 4.83. The summed E-state index contributed by atoms with van der Waals surface area (Å²) < 4.78 is 26.2. The average molecular weight is 596 g/mol. The summed E-state index contributed by atoms with van der Waals surface area (Å²) in [7, 11) is -3.29. The minimum Gasteiger partial charge on any atom is -1.00 e. The molecule has 146 valence electrons. The van der Waals surface area contributed by atoms with Crippen LogP contribution in [0.3, 0.4) is 0 Å². The van der Waals surface area contributed by atoms with E-state index in [0.29, 0.717) is 10.8 Å². The van der Waals surface area contributed by atoms with Crippen molar-refractivity contribution in [2.75, 3.05) is 5.75 Å². The summed E-state index contributed by atoms with van der Waals surface area (Å²) in [6.45, 7) is 11.1. The van der Waals surface area contributed by atoms with E-state index in [-0.39, 0.29) is 62.6 Å². The summed E-state index contributed by atoms with van der Waals surface area (Å²) >= 11 is 0. The summed E-state index contributed by atoms with van der Waals surface area (Å²) in [5, 5.41) is 0. The van der Waals surface area contributed by atoms with Crippen molar-refractivity contribution in [3.05, 3.63) is 47.9 Å². The second-order valence-corrected chi connectivity index (χ2v) is 11.0. The molecule has 5 heteroatoms. The first kappa shape index (κ1) is 25.2. The van der Waals surface area contributed by atoms with Crippen LogP contribution in [0.25, 0.3) is 0 Å². The van der Waals surface area contributed by atoms with Gasteiger partial charge in [0.05, 0.1) is 10.6 Å². The van der Waals surface area contributed by atoms with Gasteiger partial charge in [-0.15, -0.1) is 0 Å². The van der Waals surface area contributed by atoms with Gasteiger partial charge in [-0.05, 0) is 74.3 Å². The van der Waals surface area contributed by atoms with Gasteiger partial charge in [-0.1, -0.05) is 50.1 Å². The van der Waals surface area contributed by atoms with Gasteiger partial charge in [0, 0.05) is 0 Å². The Morgan fingerprint density at radius 2 is 1.67 bits per heavy atom. The predicted octanol–water partition coefficient (Wildman–Crippen LogP) is 2.38. The van der Waals surface area contributed by atoms with Crippen molar-refractivity contribution < 1.29 is 48.5 Å². The molecule has 1 aromatic rings. The quantitative estimate of drug-likeness (QED) is 0.398. The fourth-order valence-corrected chi connectivity index (χ4v) is 7.09. The van der Waals surface area contributed by atoms with E-state index < -0.39 is 9.84 Å². The molecular formula is C22H31ClHgO2S. The Bertz CT molecular complexity index is 783. The molecule has 0 unspecified atom stereocenters. The molecule has 0 aromatic heterocycles. The Kier molecular flexibility index (Phi) is 8.27. The summed E-state index contributed by atoms with van der Waals surface area (Å²) in [5.41, 5.74) is 2.56. The number of benzene rings is 1. The van der Waals surface area contributed by atoms with Crippen molar-refractivity contribution in [1.29, 1.82) is 0 Å². The van der Waals surface area contributed by atoms with Gasteiger partial charge >= 0.3 is 27.7 Å². The Morgan fingerprint density at radius 3 is 2.26 bits per heavy atom. The molecule has 0 N–H and O–H groups in total. The van der Waals surface area contributed by atoms with Gasteiger partial charge in [-0.3, -0.25) is 0 Å². The van der Waals surface area contributed by atoms with E-state index in [1.807, 2.05) is 19.1 Å². The first-order chi connectivity index (χ1) is 11.6. The second kappa shape index (κ2) is 8.87. The summed E-state index contributed by atoms with van der Waals surface area (Å²) in [5.74, 6) is 0.836. The first-order valence-electron chi connectivity index (χ1n) is 9.37. The predicted molar refractivity (Wildman–Crippen MR) is 104 cm³/mol. The van der Waals surface area contributed by atoms with E-state index in [1.165, 1.54) is 5.57 Å². The summed E-state index contributed by atoms with van der Waals surface area (Å²) in [6, 6.07) is 7.29. The van der Waals surface area contributed by atoms with Gasteiger partial charge in [0.2, 0.25) is 0 Å². The standard InChI is InChI=1S/C22H31O2S.ClH.Hg/c1-16-7-10-18(11-8-16)25(23,24)15-19-17(2)9-12-20-21(3,4)13-6-14-22(19,20)5;;/h7-11,13,19-20H,6,12,14-15H2,1-5H3;1H;/q;;+1/p-1/t19-,20-,22+;;/m0../s1. The van der Waals surface area contributed by atoms with Crippen LogP contribution in [0.2, 0.25) is 0 Å². The molecule has 3 rings (SSSR count). The fourth-order valence-electron chi connectivity index (χ4n) is 5.26. The van der Waals surface area contributed by atoms with E-state index in [0.717, 1.165) is 24.8 Å². The third-order valence-electron chi connectivity index (χ3n) is 6.84. The van der Waals surface area contributed by atoms with E-state index in [9.17, 15) is 8.42 Å². The van der Waals surface area contributed by atoms with Crippen molar-refractivity contribution in [1.82, 2.24) is 0 Å². The topological polar surface area (TPSA) is 34.1 Å². The molecule has 0 heterocycles. The summed E-state index contributed by atoms with van der Waals surface area (Å²) in [6.07, 6.45) is 7.96. The summed E-state index contributed by atoms with van der Waals surface area (Å²) in [4.78, 5) is 0.457. The number of allylic oxidation sites excluding steroid dienone is 2. The third-order valence-corrected chi connectivity index (χ3v) is 8.60. The minimum atomic E-state index is -3.29. The van der Waals surface area contributed by atoms with Gasteiger partial charge < -0.3 is 12.4 Å². The van der Waals surface area contributed by atoms with E-state index in [1.54, 1.807) is 12.1 Å². The van der Waals surface area contributed by atoms with Crippen LogP contribution in [0.4, 0.5) is 0 Å². The Hall–Kier alpha value is 0.135.